The summed E-state index contributed by atoms with van der Waals surface area (Å²) < 4.78 is 0. The Morgan fingerprint density at radius 3 is 2.76 bits per heavy atom. The molecule has 0 aliphatic heterocycles. The maximum absolute atomic E-state index is 12.1. The van der Waals surface area contributed by atoms with E-state index in [9.17, 15) is 4.79 Å². The van der Waals surface area contributed by atoms with Crippen LogP contribution in [-0.4, -0.2) is 21.1 Å². The van der Waals surface area contributed by atoms with Crippen molar-refractivity contribution in [3.63, 3.8) is 0 Å². The second-order valence-corrected chi connectivity index (χ2v) is 5.42. The molecule has 0 aliphatic carbocycles. The first-order valence-corrected chi connectivity index (χ1v) is 7.20. The number of amides is 1. The summed E-state index contributed by atoms with van der Waals surface area (Å²) >= 11 is 0. The van der Waals surface area contributed by atoms with Gasteiger partial charge < -0.3 is 5.32 Å². The lowest BCUT2D eigenvalue weighted by atomic mass is 10.1. The Labute approximate surface area is 125 Å². The van der Waals surface area contributed by atoms with E-state index in [1.807, 2.05) is 39.8 Å². The van der Waals surface area contributed by atoms with E-state index in [0.29, 0.717) is 12.8 Å². The van der Waals surface area contributed by atoms with Crippen molar-refractivity contribution in [2.75, 3.05) is 0 Å². The number of hydrogen-bond acceptors (Lipinski definition) is 3. The number of hydrogen-bond donors (Lipinski definition) is 2. The zero-order chi connectivity index (χ0) is 15.4. The number of pyridine rings is 1. The Balaban J connectivity index is 1.90. The van der Waals surface area contributed by atoms with Gasteiger partial charge in [0.05, 0.1) is 17.4 Å². The minimum Gasteiger partial charge on any atom is -0.348 e. The highest BCUT2D eigenvalue weighted by Crippen LogP contribution is 2.14. The summed E-state index contributed by atoms with van der Waals surface area (Å²) in [4.78, 5) is 16.4. The number of carbonyl (C=O) groups is 1. The summed E-state index contributed by atoms with van der Waals surface area (Å²) in [7, 11) is 0. The van der Waals surface area contributed by atoms with Gasteiger partial charge in [0.15, 0.2) is 0 Å². The number of aromatic amines is 1. The van der Waals surface area contributed by atoms with Crippen LogP contribution in [0.2, 0.25) is 0 Å². The third-order valence-electron chi connectivity index (χ3n) is 3.78. The van der Waals surface area contributed by atoms with Crippen molar-refractivity contribution in [1.82, 2.24) is 20.5 Å². The number of rotatable bonds is 5. The molecule has 2 rings (SSSR count). The molecule has 1 amide bonds. The van der Waals surface area contributed by atoms with E-state index in [4.69, 9.17) is 0 Å². The molecule has 0 bridgehead atoms. The zero-order valence-corrected chi connectivity index (χ0v) is 13.0. The monoisotopic (exact) mass is 286 g/mol. The molecule has 0 fully saturated rings. The van der Waals surface area contributed by atoms with Crippen LogP contribution in [0.25, 0.3) is 0 Å². The summed E-state index contributed by atoms with van der Waals surface area (Å²) in [6.07, 6.45) is 2.83. The molecule has 0 aromatic carbocycles. The van der Waals surface area contributed by atoms with Crippen LogP contribution in [0.15, 0.2) is 18.3 Å². The van der Waals surface area contributed by atoms with Crippen LogP contribution >= 0.6 is 0 Å². The summed E-state index contributed by atoms with van der Waals surface area (Å²) in [6.45, 7) is 7.96. The highest BCUT2D eigenvalue weighted by atomic mass is 16.1. The quantitative estimate of drug-likeness (QED) is 0.887. The fourth-order valence-electron chi connectivity index (χ4n) is 2.34. The molecule has 0 saturated heterocycles. The molecule has 2 N–H and O–H groups in total. The average Bonchev–Trinajstić information content (AvgIpc) is 2.77. The van der Waals surface area contributed by atoms with E-state index < -0.39 is 0 Å². The molecule has 0 aliphatic rings. The van der Waals surface area contributed by atoms with Crippen LogP contribution in [0.5, 0.6) is 0 Å². The number of aromatic nitrogens is 3. The van der Waals surface area contributed by atoms with Crippen molar-refractivity contribution < 1.29 is 4.79 Å². The summed E-state index contributed by atoms with van der Waals surface area (Å²) in [6, 6.07) is 3.82. The molecular weight excluding hydrogens is 264 g/mol. The third kappa shape index (κ3) is 3.68. The predicted molar refractivity (Wildman–Crippen MR) is 81.9 cm³/mol. The first-order valence-electron chi connectivity index (χ1n) is 7.20. The lowest BCUT2D eigenvalue weighted by Gasteiger charge is -2.15. The summed E-state index contributed by atoms with van der Waals surface area (Å²) in [5, 5.41) is 10.2. The molecule has 21 heavy (non-hydrogen) atoms. The third-order valence-corrected chi connectivity index (χ3v) is 3.78. The van der Waals surface area contributed by atoms with Gasteiger partial charge in [-0.1, -0.05) is 6.07 Å². The zero-order valence-electron chi connectivity index (χ0n) is 13.0. The molecule has 0 spiro atoms. The van der Waals surface area contributed by atoms with Crippen LogP contribution in [0.1, 0.15) is 47.6 Å². The molecule has 0 radical (unpaired) electrons. The highest BCUT2D eigenvalue weighted by molar-refractivity contribution is 5.76. The van der Waals surface area contributed by atoms with E-state index in [1.165, 1.54) is 0 Å². The summed E-state index contributed by atoms with van der Waals surface area (Å²) in [5.41, 5.74) is 5.16. The second kappa shape index (κ2) is 6.52. The molecule has 2 aromatic rings. The van der Waals surface area contributed by atoms with Crippen molar-refractivity contribution in [1.29, 1.82) is 0 Å². The Bertz CT molecular complexity index is 633. The lowest BCUT2D eigenvalue weighted by Crippen LogP contribution is -2.28. The van der Waals surface area contributed by atoms with Gasteiger partial charge in [-0.15, -0.1) is 0 Å². The van der Waals surface area contributed by atoms with Gasteiger partial charge in [0.25, 0.3) is 0 Å². The second-order valence-electron chi connectivity index (χ2n) is 5.42. The molecule has 0 saturated carbocycles. The molecule has 5 heteroatoms. The van der Waals surface area contributed by atoms with E-state index >= 15 is 0 Å². The van der Waals surface area contributed by atoms with E-state index in [0.717, 1.165) is 28.2 Å². The smallest absolute Gasteiger partial charge is 0.220 e. The van der Waals surface area contributed by atoms with Gasteiger partial charge in [-0.2, -0.15) is 5.10 Å². The molecular formula is C16H22N4O. The van der Waals surface area contributed by atoms with Gasteiger partial charge in [0, 0.05) is 24.7 Å². The number of nitrogens with zero attached hydrogens (tertiary/aromatic N) is 2. The number of carbonyl (C=O) groups excluding carboxylic acids is 1. The van der Waals surface area contributed by atoms with Crippen molar-refractivity contribution in [2.45, 2.75) is 46.6 Å². The lowest BCUT2D eigenvalue weighted by molar-refractivity contribution is -0.121. The molecule has 0 unspecified atom stereocenters. The van der Waals surface area contributed by atoms with Gasteiger partial charge >= 0.3 is 0 Å². The SMILES string of the molecule is Cc1cccnc1[C@H](C)NC(=O)CCc1n[nH]c(C)c1C. The standard InChI is InChI=1S/C16H22N4O/c1-10-6-5-9-17-16(10)13(4)18-15(21)8-7-14-11(2)12(3)19-20-14/h5-6,9,13H,7-8H2,1-4H3,(H,18,21)(H,19,20)/t13-/m0/s1. The fraction of sp³-hybridized carbons (Fsp3) is 0.438. The molecule has 112 valence electrons. The Kier molecular flexibility index (Phi) is 4.73. The van der Waals surface area contributed by atoms with Gasteiger partial charge in [-0.25, -0.2) is 0 Å². The number of aryl methyl sites for hydroxylation is 3. The largest absolute Gasteiger partial charge is 0.348 e. The number of H-pyrrole nitrogens is 1. The first kappa shape index (κ1) is 15.2. The fourth-order valence-corrected chi connectivity index (χ4v) is 2.34. The van der Waals surface area contributed by atoms with Crippen molar-refractivity contribution >= 4 is 5.91 Å². The minimum absolute atomic E-state index is 0.0209. The van der Waals surface area contributed by atoms with Gasteiger partial charge in [0.2, 0.25) is 5.91 Å². The van der Waals surface area contributed by atoms with Gasteiger partial charge in [0.1, 0.15) is 0 Å². The first-order chi connectivity index (χ1) is 9.99. The Morgan fingerprint density at radius 1 is 1.38 bits per heavy atom. The molecule has 5 nitrogen and oxygen atoms in total. The van der Waals surface area contributed by atoms with Crippen LogP contribution < -0.4 is 5.32 Å². The maximum Gasteiger partial charge on any atom is 0.220 e. The van der Waals surface area contributed by atoms with E-state index in [2.05, 4.69) is 20.5 Å². The topological polar surface area (TPSA) is 70.7 Å². The maximum atomic E-state index is 12.1. The van der Waals surface area contributed by atoms with Gasteiger partial charge in [-0.3, -0.25) is 14.9 Å². The molecule has 2 aromatic heterocycles. The highest BCUT2D eigenvalue weighted by Gasteiger charge is 2.14. The predicted octanol–water partition coefficient (Wildman–Crippen LogP) is 2.54. The van der Waals surface area contributed by atoms with Crippen molar-refractivity contribution in [3.8, 4) is 0 Å². The number of nitrogens with one attached hydrogen (secondary N) is 2. The molecule has 2 heterocycles. The van der Waals surface area contributed by atoms with Crippen LogP contribution in [0, 0.1) is 20.8 Å². The van der Waals surface area contributed by atoms with Crippen molar-refractivity contribution in [3.05, 3.63) is 46.5 Å². The van der Waals surface area contributed by atoms with Crippen LogP contribution in [-0.2, 0) is 11.2 Å². The van der Waals surface area contributed by atoms with Crippen LogP contribution in [0.3, 0.4) is 0 Å². The normalized spacial score (nSPS) is 12.2. The average molecular weight is 286 g/mol. The van der Waals surface area contributed by atoms with Crippen molar-refractivity contribution in [2.24, 2.45) is 0 Å². The van der Waals surface area contributed by atoms with Gasteiger partial charge in [-0.05, 0) is 44.9 Å². The van der Waals surface area contributed by atoms with E-state index in [1.54, 1.807) is 6.20 Å². The molecule has 1 atom stereocenters. The van der Waals surface area contributed by atoms with E-state index in [-0.39, 0.29) is 11.9 Å². The minimum atomic E-state index is -0.0827. The van der Waals surface area contributed by atoms with Crippen LogP contribution in [0.4, 0.5) is 0 Å². The Hall–Kier alpha value is -2.17. The summed E-state index contributed by atoms with van der Waals surface area (Å²) in [5.74, 6) is 0.0209. The Morgan fingerprint density at radius 2 is 2.14 bits per heavy atom.